The maximum atomic E-state index is 11.7. The van der Waals surface area contributed by atoms with Gasteiger partial charge in [0.25, 0.3) is 0 Å². The monoisotopic (exact) mass is 322 g/mol. The molecule has 22 heavy (non-hydrogen) atoms. The Hall–Kier alpha value is -1.40. The molecule has 0 aromatic carbocycles. The molecular formula is C16H22N2O3S. The van der Waals surface area contributed by atoms with E-state index in [0.717, 1.165) is 32.5 Å². The molecular weight excluding hydrogens is 300 g/mol. The minimum Gasteiger partial charge on any atom is -0.480 e. The lowest BCUT2D eigenvalue weighted by Gasteiger charge is -2.39. The first-order valence-electron chi connectivity index (χ1n) is 7.74. The molecule has 0 aliphatic carbocycles. The topological polar surface area (TPSA) is 60.9 Å². The molecule has 6 heteroatoms. The largest absolute Gasteiger partial charge is 0.480 e. The number of carbonyl (C=O) groups is 2. The third kappa shape index (κ3) is 3.03. The molecule has 2 aliphatic heterocycles. The number of nitrogens with zero attached hydrogens (tertiary/aromatic N) is 2. The van der Waals surface area contributed by atoms with E-state index in [1.165, 1.54) is 11.8 Å². The molecule has 0 unspecified atom stereocenters. The zero-order chi connectivity index (χ0) is 15.7. The first-order chi connectivity index (χ1) is 10.5. The molecule has 2 aliphatic rings. The lowest BCUT2D eigenvalue weighted by molar-refractivity contribution is -0.147. The second-order valence-corrected chi connectivity index (χ2v) is 7.59. The molecule has 1 aromatic heterocycles. The number of carboxylic acids is 1. The number of rotatable bonds is 3. The maximum Gasteiger partial charge on any atom is 0.326 e. The molecule has 1 N–H and O–H groups in total. The Labute approximate surface area is 134 Å². The third-order valence-electron chi connectivity index (χ3n) is 5.07. The predicted molar refractivity (Wildman–Crippen MR) is 84.7 cm³/mol. The molecule has 1 spiro atoms. The van der Waals surface area contributed by atoms with Gasteiger partial charge in [-0.1, -0.05) is 6.07 Å². The fourth-order valence-electron chi connectivity index (χ4n) is 3.78. The summed E-state index contributed by atoms with van der Waals surface area (Å²) in [6.45, 7) is 5.02. The molecule has 0 radical (unpaired) electrons. The summed E-state index contributed by atoms with van der Waals surface area (Å²) in [7, 11) is 0. The van der Waals surface area contributed by atoms with E-state index >= 15 is 0 Å². The zero-order valence-corrected chi connectivity index (χ0v) is 13.6. The average molecular weight is 322 g/mol. The highest BCUT2D eigenvalue weighted by Gasteiger charge is 2.48. The third-order valence-corrected chi connectivity index (χ3v) is 5.94. The number of thiophene rings is 1. The number of aliphatic carboxylic acids is 1. The van der Waals surface area contributed by atoms with Crippen LogP contribution in [0.5, 0.6) is 0 Å². The van der Waals surface area contributed by atoms with Crippen LogP contribution in [0, 0.1) is 5.41 Å². The van der Waals surface area contributed by atoms with E-state index in [2.05, 4.69) is 22.4 Å². The van der Waals surface area contributed by atoms with Gasteiger partial charge >= 0.3 is 5.97 Å². The van der Waals surface area contributed by atoms with Crippen LogP contribution in [0.2, 0.25) is 0 Å². The number of hydrogen-bond acceptors (Lipinski definition) is 4. The van der Waals surface area contributed by atoms with Gasteiger partial charge in [-0.3, -0.25) is 9.69 Å². The molecule has 1 atom stereocenters. The Morgan fingerprint density at radius 3 is 2.64 bits per heavy atom. The van der Waals surface area contributed by atoms with Gasteiger partial charge in [0, 0.05) is 24.9 Å². The number of piperidine rings is 1. The van der Waals surface area contributed by atoms with Crippen LogP contribution in [0.3, 0.4) is 0 Å². The molecule has 1 amide bonds. The van der Waals surface area contributed by atoms with Gasteiger partial charge in [0.15, 0.2) is 0 Å². The number of amides is 1. The predicted octanol–water partition coefficient (Wildman–Crippen LogP) is 2.04. The smallest absolute Gasteiger partial charge is 0.326 e. The van der Waals surface area contributed by atoms with E-state index in [1.807, 2.05) is 0 Å². The van der Waals surface area contributed by atoms with Crippen LogP contribution < -0.4 is 0 Å². The summed E-state index contributed by atoms with van der Waals surface area (Å²) in [6, 6.07) is 3.59. The van der Waals surface area contributed by atoms with Crippen LogP contribution in [-0.4, -0.2) is 52.5 Å². The van der Waals surface area contributed by atoms with E-state index in [0.29, 0.717) is 13.0 Å². The summed E-state index contributed by atoms with van der Waals surface area (Å²) in [4.78, 5) is 28.5. The van der Waals surface area contributed by atoms with Gasteiger partial charge < -0.3 is 10.0 Å². The second-order valence-electron chi connectivity index (χ2n) is 6.56. The zero-order valence-electron chi connectivity index (χ0n) is 12.8. The summed E-state index contributed by atoms with van der Waals surface area (Å²) in [5.74, 6) is -0.988. The van der Waals surface area contributed by atoms with Gasteiger partial charge in [-0.2, -0.15) is 0 Å². The van der Waals surface area contributed by atoms with E-state index in [9.17, 15) is 14.7 Å². The minimum atomic E-state index is -0.868. The van der Waals surface area contributed by atoms with Crippen molar-refractivity contribution in [2.24, 2.45) is 5.41 Å². The van der Waals surface area contributed by atoms with Crippen molar-refractivity contribution < 1.29 is 14.7 Å². The lowest BCUT2D eigenvalue weighted by Crippen LogP contribution is -2.42. The number of carbonyl (C=O) groups excluding carboxylic acids is 1. The average Bonchev–Trinajstić information content (AvgIpc) is 3.10. The molecule has 5 nitrogen and oxygen atoms in total. The SMILES string of the molecule is CC(=O)N1CC2(CCN(Cc3cccs3)CC2)C[C@@H]1C(=O)O. The Bertz CT molecular complexity index is 526. The van der Waals surface area contributed by atoms with Crippen LogP contribution in [0.4, 0.5) is 0 Å². The van der Waals surface area contributed by atoms with Crippen molar-refractivity contribution in [2.75, 3.05) is 19.6 Å². The van der Waals surface area contributed by atoms with Crippen molar-refractivity contribution in [2.45, 2.75) is 38.8 Å². The normalized spacial score (nSPS) is 24.8. The Kier molecular flexibility index (Phi) is 4.23. The van der Waals surface area contributed by atoms with Crippen molar-refractivity contribution in [1.82, 2.24) is 9.80 Å². The summed E-state index contributed by atoms with van der Waals surface area (Å²) in [6.07, 6.45) is 2.56. The van der Waals surface area contributed by atoms with Crippen molar-refractivity contribution in [3.8, 4) is 0 Å². The highest BCUT2D eigenvalue weighted by molar-refractivity contribution is 7.09. The highest BCUT2D eigenvalue weighted by Crippen LogP contribution is 2.43. The lowest BCUT2D eigenvalue weighted by atomic mass is 9.76. The summed E-state index contributed by atoms with van der Waals surface area (Å²) >= 11 is 1.78. The van der Waals surface area contributed by atoms with Crippen molar-refractivity contribution >= 4 is 23.2 Å². The van der Waals surface area contributed by atoms with Crippen LogP contribution in [-0.2, 0) is 16.1 Å². The van der Waals surface area contributed by atoms with E-state index in [-0.39, 0.29) is 11.3 Å². The molecule has 2 fully saturated rings. The fraction of sp³-hybridized carbons (Fsp3) is 0.625. The second kappa shape index (κ2) is 6.01. The summed E-state index contributed by atoms with van der Waals surface area (Å²) in [5, 5.41) is 11.5. The first-order valence-corrected chi connectivity index (χ1v) is 8.62. The molecule has 120 valence electrons. The maximum absolute atomic E-state index is 11.7. The highest BCUT2D eigenvalue weighted by atomic mass is 32.1. The van der Waals surface area contributed by atoms with Gasteiger partial charge in [0.2, 0.25) is 5.91 Å². The van der Waals surface area contributed by atoms with Crippen molar-refractivity contribution in [3.05, 3.63) is 22.4 Å². The molecule has 0 saturated carbocycles. The van der Waals surface area contributed by atoms with Gasteiger partial charge in [-0.05, 0) is 49.2 Å². The number of hydrogen-bond donors (Lipinski definition) is 1. The van der Waals surface area contributed by atoms with Gasteiger partial charge in [-0.25, -0.2) is 4.79 Å². The molecule has 2 saturated heterocycles. The first kappa shape index (κ1) is 15.5. The molecule has 1 aromatic rings. The van der Waals surface area contributed by atoms with E-state index in [4.69, 9.17) is 0 Å². The van der Waals surface area contributed by atoms with E-state index in [1.54, 1.807) is 16.2 Å². The van der Waals surface area contributed by atoms with Crippen LogP contribution in [0.25, 0.3) is 0 Å². The van der Waals surface area contributed by atoms with Crippen molar-refractivity contribution in [3.63, 3.8) is 0 Å². The molecule has 3 heterocycles. The fourth-order valence-corrected chi connectivity index (χ4v) is 4.52. The van der Waals surface area contributed by atoms with Crippen LogP contribution in [0.15, 0.2) is 17.5 Å². The van der Waals surface area contributed by atoms with Gasteiger partial charge in [-0.15, -0.1) is 11.3 Å². The number of likely N-dealkylation sites (tertiary alicyclic amines) is 2. The molecule has 0 bridgehead atoms. The summed E-state index contributed by atoms with van der Waals surface area (Å²) in [5.41, 5.74) is 0.000671. The van der Waals surface area contributed by atoms with Crippen molar-refractivity contribution in [1.29, 1.82) is 0 Å². The summed E-state index contributed by atoms with van der Waals surface area (Å²) < 4.78 is 0. The standard InChI is InChI=1S/C16H22N2O3S/c1-12(19)18-11-16(9-14(18)15(20)21)4-6-17(7-5-16)10-13-3-2-8-22-13/h2-3,8,14H,4-7,9-11H2,1H3,(H,20,21)/t14-/m1/s1. The van der Waals surface area contributed by atoms with Crippen LogP contribution >= 0.6 is 11.3 Å². The quantitative estimate of drug-likeness (QED) is 0.925. The Morgan fingerprint density at radius 2 is 2.14 bits per heavy atom. The van der Waals surface area contributed by atoms with Gasteiger partial charge in [0.05, 0.1) is 0 Å². The van der Waals surface area contributed by atoms with Gasteiger partial charge in [0.1, 0.15) is 6.04 Å². The minimum absolute atomic E-state index is 0.000671. The Balaban J connectivity index is 1.62. The van der Waals surface area contributed by atoms with Crippen LogP contribution in [0.1, 0.15) is 31.1 Å². The van der Waals surface area contributed by atoms with E-state index < -0.39 is 12.0 Å². The Morgan fingerprint density at radius 1 is 1.41 bits per heavy atom. The molecule has 3 rings (SSSR count). The number of carboxylic acid groups (broad SMARTS) is 1.